The van der Waals surface area contributed by atoms with Crippen LogP contribution < -0.4 is 21.9 Å². The third kappa shape index (κ3) is 12.7. The predicted molar refractivity (Wildman–Crippen MR) is 141 cm³/mol. The maximum absolute atomic E-state index is 11.1. The Morgan fingerprint density at radius 1 is 1.03 bits per heavy atom. The van der Waals surface area contributed by atoms with Crippen molar-refractivity contribution in [2.24, 2.45) is 17.2 Å². The monoisotopic (exact) mass is 483 g/mol. The third-order valence-electron chi connectivity index (χ3n) is 4.83. The van der Waals surface area contributed by atoms with Crippen LogP contribution >= 0.6 is 11.3 Å². The number of carboxylic acid groups (broad SMARTS) is 1. The highest BCUT2D eigenvalue weighted by molar-refractivity contribution is 7.14. The first kappa shape index (κ1) is 33.2. The molecule has 0 aliphatic carbocycles. The molecule has 0 bridgehead atoms. The molecule has 1 atom stereocenters. The standard InChI is InChI=1S/C22H30O4S.3CH5N/c1-3-17(20-11-12-21(27-20)22(24)25)9-7-16-8-10-19(18(4-2)15-16)26-14-6-5-13-23;3*1-2/h8,10-12,15,17,23H,3-7,9,13-14H2,1-2H3,(H,24,25);3*2H2,1H3. The quantitative estimate of drug-likeness (QED) is 0.287. The van der Waals surface area contributed by atoms with Crippen molar-refractivity contribution < 1.29 is 19.7 Å². The molecule has 8 N–H and O–H groups in total. The smallest absolute Gasteiger partial charge is 0.345 e. The number of rotatable bonds is 12. The molecule has 1 aromatic heterocycles. The van der Waals surface area contributed by atoms with Gasteiger partial charge in [0.1, 0.15) is 10.6 Å². The summed E-state index contributed by atoms with van der Waals surface area (Å²) in [4.78, 5) is 12.7. The molecular formula is C25H45N3O4S. The first-order valence-corrected chi connectivity index (χ1v) is 12.3. The molecule has 2 rings (SSSR count). The van der Waals surface area contributed by atoms with Crippen LogP contribution in [0.1, 0.15) is 71.1 Å². The van der Waals surface area contributed by atoms with Crippen molar-refractivity contribution in [1.82, 2.24) is 0 Å². The van der Waals surface area contributed by atoms with Crippen LogP contribution in [0.4, 0.5) is 0 Å². The lowest BCUT2D eigenvalue weighted by atomic mass is 9.94. The molecule has 0 radical (unpaired) electrons. The van der Waals surface area contributed by atoms with E-state index in [9.17, 15) is 4.79 Å². The van der Waals surface area contributed by atoms with E-state index in [1.165, 1.54) is 43.6 Å². The van der Waals surface area contributed by atoms with Gasteiger partial charge in [0, 0.05) is 11.5 Å². The molecule has 0 aliphatic heterocycles. The van der Waals surface area contributed by atoms with Gasteiger partial charge in [0.2, 0.25) is 0 Å². The van der Waals surface area contributed by atoms with Crippen LogP contribution in [-0.4, -0.2) is 50.5 Å². The van der Waals surface area contributed by atoms with Crippen LogP contribution in [0.15, 0.2) is 30.3 Å². The Morgan fingerprint density at radius 3 is 2.21 bits per heavy atom. The van der Waals surface area contributed by atoms with Gasteiger partial charge in [-0.1, -0.05) is 26.0 Å². The van der Waals surface area contributed by atoms with Gasteiger partial charge in [-0.2, -0.15) is 0 Å². The molecule has 0 fully saturated rings. The number of aliphatic hydroxyl groups excluding tert-OH is 1. The fourth-order valence-electron chi connectivity index (χ4n) is 3.18. The number of carboxylic acids is 1. The van der Waals surface area contributed by atoms with Crippen molar-refractivity contribution in [3.05, 3.63) is 51.2 Å². The number of aryl methyl sites for hydroxylation is 2. The van der Waals surface area contributed by atoms with Crippen LogP contribution in [0.2, 0.25) is 0 Å². The number of aliphatic hydroxyl groups is 1. The van der Waals surface area contributed by atoms with Crippen molar-refractivity contribution in [1.29, 1.82) is 0 Å². The number of carbonyl (C=O) groups is 1. The molecule has 190 valence electrons. The zero-order valence-corrected chi connectivity index (χ0v) is 21.8. The van der Waals surface area contributed by atoms with Crippen molar-refractivity contribution in [2.45, 2.75) is 58.3 Å². The number of thiophene rings is 1. The van der Waals surface area contributed by atoms with Crippen LogP contribution in [0.3, 0.4) is 0 Å². The highest BCUT2D eigenvalue weighted by Gasteiger charge is 2.15. The summed E-state index contributed by atoms with van der Waals surface area (Å²) in [6.45, 7) is 5.13. The number of hydrogen-bond acceptors (Lipinski definition) is 7. The van der Waals surface area contributed by atoms with Gasteiger partial charge in [-0.25, -0.2) is 4.79 Å². The van der Waals surface area contributed by atoms with E-state index in [4.69, 9.17) is 14.9 Å². The fraction of sp³-hybridized carbons (Fsp3) is 0.560. The lowest BCUT2D eigenvalue weighted by Gasteiger charge is -2.15. The zero-order chi connectivity index (χ0) is 25.6. The second kappa shape index (κ2) is 21.9. The summed E-state index contributed by atoms with van der Waals surface area (Å²) in [5, 5.41) is 18.0. The largest absolute Gasteiger partial charge is 0.493 e. The van der Waals surface area contributed by atoms with E-state index in [-0.39, 0.29) is 6.61 Å². The van der Waals surface area contributed by atoms with E-state index in [1.807, 2.05) is 6.07 Å². The number of benzene rings is 1. The highest BCUT2D eigenvalue weighted by atomic mass is 32.1. The first-order chi connectivity index (χ1) is 16.1. The molecular weight excluding hydrogens is 438 g/mol. The van der Waals surface area contributed by atoms with Gasteiger partial charge in [-0.3, -0.25) is 0 Å². The molecule has 0 saturated heterocycles. The molecule has 33 heavy (non-hydrogen) atoms. The highest BCUT2D eigenvalue weighted by Crippen LogP contribution is 2.32. The minimum atomic E-state index is -0.844. The molecule has 0 spiro atoms. The second-order valence-electron chi connectivity index (χ2n) is 6.73. The van der Waals surface area contributed by atoms with E-state index in [2.05, 4.69) is 49.2 Å². The van der Waals surface area contributed by atoms with E-state index < -0.39 is 5.97 Å². The second-order valence-corrected chi connectivity index (χ2v) is 7.84. The maximum Gasteiger partial charge on any atom is 0.345 e. The molecule has 2 aromatic rings. The van der Waals surface area contributed by atoms with E-state index in [0.29, 0.717) is 17.4 Å². The average molecular weight is 484 g/mol. The summed E-state index contributed by atoms with van der Waals surface area (Å²) < 4.78 is 5.86. The Balaban J connectivity index is 0. The molecule has 8 heteroatoms. The number of unbranched alkanes of at least 4 members (excludes halogenated alkanes) is 1. The SMILES string of the molecule is CCc1cc(CCC(CC)c2ccc(C(=O)O)s2)ccc1OCCCCO.CN.CN.CN. The van der Waals surface area contributed by atoms with E-state index in [0.717, 1.165) is 49.2 Å². The van der Waals surface area contributed by atoms with Gasteiger partial charge >= 0.3 is 5.97 Å². The molecule has 1 heterocycles. The Morgan fingerprint density at radius 2 is 1.70 bits per heavy atom. The summed E-state index contributed by atoms with van der Waals surface area (Å²) in [6.07, 6.45) is 5.54. The number of aromatic carboxylic acids is 1. The fourth-order valence-corrected chi connectivity index (χ4v) is 4.24. The van der Waals surface area contributed by atoms with Crippen LogP contribution in [0.5, 0.6) is 5.75 Å². The molecule has 1 unspecified atom stereocenters. The normalized spacial score (nSPS) is 10.5. The van der Waals surface area contributed by atoms with Crippen LogP contribution in [0.25, 0.3) is 0 Å². The van der Waals surface area contributed by atoms with Gasteiger partial charge in [0.15, 0.2) is 0 Å². The predicted octanol–water partition coefficient (Wildman–Crippen LogP) is 4.01. The summed E-state index contributed by atoms with van der Waals surface area (Å²) in [5.74, 6) is 0.487. The molecule has 1 aromatic carbocycles. The van der Waals surface area contributed by atoms with E-state index >= 15 is 0 Å². The Kier molecular flexibility index (Phi) is 22.0. The number of nitrogens with two attached hydrogens (primary N) is 3. The lowest BCUT2D eigenvalue weighted by molar-refractivity contribution is 0.0702. The zero-order valence-electron chi connectivity index (χ0n) is 21.0. The summed E-state index contributed by atoms with van der Waals surface area (Å²) in [5.41, 5.74) is 16.0. The topological polar surface area (TPSA) is 145 Å². The minimum Gasteiger partial charge on any atom is -0.493 e. The summed E-state index contributed by atoms with van der Waals surface area (Å²) in [7, 11) is 4.50. The lowest BCUT2D eigenvalue weighted by Crippen LogP contribution is -2.02. The Hall–Kier alpha value is -1.97. The van der Waals surface area contributed by atoms with Gasteiger partial charge in [0.25, 0.3) is 0 Å². The van der Waals surface area contributed by atoms with Crippen LogP contribution in [-0.2, 0) is 12.8 Å². The average Bonchev–Trinajstić information content (AvgIpc) is 3.37. The maximum atomic E-state index is 11.1. The number of hydrogen-bond donors (Lipinski definition) is 5. The van der Waals surface area contributed by atoms with E-state index in [1.54, 1.807) is 6.07 Å². The summed E-state index contributed by atoms with van der Waals surface area (Å²) in [6, 6.07) is 10.1. The van der Waals surface area contributed by atoms with Gasteiger partial charge in [-0.05, 0) is 94.9 Å². The molecule has 0 amide bonds. The molecule has 0 saturated carbocycles. The van der Waals surface area contributed by atoms with Crippen molar-refractivity contribution in [3.8, 4) is 5.75 Å². The van der Waals surface area contributed by atoms with Gasteiger partial charge in [0.05, 0.1) is 6.61 Å². The summed E-state index contributed by atoms with van der Waals surface area (Å²) >= 11 is 1.39. The Labute approximate surface area is 204 Å². The first-order valence-electron chi connectivity index (χ1n) is 11.5. The van der Waals surface area contributed by atoms with Crippen LogP contribution in [0, 0.1) is 0 Å². The van der Waals surface area contributed by atoms with Crippen molar-refractivity contribution in [2.75, 3.05) is 34.4 Å². The molecule has 7 nitrogen and oxygen atoms in total. The minimum absolute atomic E-state index is 0.208. The van der Waals surface area contributed by atoms with Crippen molar-refractivity contribution in [3.63, 3.8) is 0 Å². The number of ether oxygens (including phenoxy) is 1. The Bertz CT molecular complexity index is 738. The van der Waals surface area contributed by atoms with Gasteiger partial charge in [-0.15, -0.1) is 11.3 Å². The van der Waals surface area contributed by atoms with Crippen molar-refractivity contribution >= 4 is 17.3 Å². The van der Waals surface area contributed by atoms with Gasteiger partial charge < -0.3 is 32.2 Å². The third-order valence-corrected chi connectivity index (χ3v) is 6.07. The molecule has 0 aliphatic rings.